The normalized spacial score (nSPS) is 25.5. The highest BCUT2D eigenvalue weighted by atomic mass is 16.5. The second-order valence-electron chi connectivity index (χ2n) is 12.0. The zero-order chi connectivity index (χ0) is 24.8. The van der Waals surface area contributed by atoms with E-state index in [1.807, 2.05) is 55.4 Å². The molecule has 2 saturated heterocycles. The lowest BCUT2D eigenvalue weighted by molar-refractivity contribution is -0.288. The minimum absolute atomic E-state index is 0.0412. The van der Waals surface area contributed by atoms with Crippen LogP contribution in [0.1, 0.15) is 81.1 Å². The Balaban J connectivity index is 1.82. The van der Waals surface area contributed by atoms with Gasteiger partial charge < -0.3 is 10.6 Å². The molecule has 186 valence electrons. The molecule has 2 fully saturated rings. The number of piperidine rings is 2. The Morgan fingerprint density at radius 1 is 0.636 bits per heavy atom. The molecule has 33 heavy (non-hydrogen) atoms. The summed E-state index contributed by atoms with van der Waals surface area (Å²) in [6, 6.07) is 0.0823. The van der Waals surface area contributed by atoms with Crippen molar-refractivity contribution in [3.63, 3.8) is 0 Å². The van der Waals surface area contributed by atoms with E-state index in [1.165, 1.54) is 10.1 Å². The zero-order valence-electron chi connectivity index (χ0n) is 21.5. The van der Waals surface area contributed by atoms with Crippen LogP contribution in [0, 0.1) is 0 Å². The molecule has 1 aromatic rings. The van der Waals surface area contributed by atoms with E-state index in [9.17, 15) is 10.4 Å². The van der Waals surface area contributed by atoms with E-state index in [2.05, 4.69) is 36.4 Å². The summed E-state index contributed by atoms with van der Waals surface area (Å²) in [4.78, 5) is 13.6. The van der Waals surface area contributed by atoms with Gasteiger partial charge in [0.1, 0.15) is 0 Å². The number of nitrogens with zero attached hydrogens (tertiary/aromatic N) is 5. The van der Waals surface area contributed by atoms with Gasteiger partial charge in [-0.25, -0.2) is 5.43 Å². The summed E-state index contributed by atoms with van der Waals surface area (Å²) < 4.78 is 0. The quantitative estimate of drug-likeness (QED) is 0.470. The van der Waals surface area contributed by atoms with Crippen molar-refractivity contribution in [3.8, 4) is 0 Å². The molecule has 0 unspecified atom stereocenters. The zero-order valence-corrected chi connectivity index (χ0v) is 21.5. The number of aromatic nitrogens is 3. The van der Waals surface area contributed by atoms with Crippen molar-refractivity contribution in [1.29, 1.82) is 0 Å². The van der Waals surface area contributed by atoms with Crippen molar-refractivity contribution < 1.29 is 10.4 Å². The number of hydrogen-bond donors (Lipinski definition) is 4. The maximum Gasteiger partial charge on any atom is 0.243 e. The van der Waals surface area contributed by atoms with Crippen LogP contribution < -0.4 is 21.5 Å². The van der Waals surface area contributed by atoms with Gasteiger partial charge in [0.15, 0.2) is 0 Å². The predicted octanol–water partition coefficient (Wildman–Crippen LogP) is 2.98. The second-order valence-corrected chi connectivity index (χ2v) is 12.0. The Morgan fingerprint density at radius 2 is 0.939 bits per heavy atom. The monoisotopic (exact) mass is 463 g/mol. The molecule has 3 rings (SSSR count). The first kappa shape index (κ1) is 25.8. The fourth-order valence-corrected chi connectivity index (χ4v) is 5.77. The number of hydrazine groups is 1. The molecule has 0 saturated carbocycles. The molecule has 1 aromatic heterocycles. The molecular formula is C22H41N9O2. The molecular weight excluding hydrogens is 422 g/mol. The summed E-state index contributed by atoms with van der Waals surface area (Å²) in [5, 5.41) is 34.7. The minimum Gasteiger partial charge on any atom is -0.351 e. The number of rotatable bonds is 6. The molecule has 0 aliphatic carbocycles. The number of nitrogens with one attached hydrogen (secondary N) is 4. The standard InChI is InChI=1S/C22H41N9O2/c1-19(2)10-14(11-20(3,4)30(19)32)24-16-26-17(28-18(27-16)29-23-9)25-15-12-21(5,6)31(33)22(7,8)13-15/h14-15,23H,10-13H2,1-9H3,(H3,24,25,26,27,28,29). The van der Waals surface area contributed by atoms with Crippen LogP contribution >= 0.6 is 0 Å². The minimum atomic E-state index is -0.497. The lowest BCUT2D eigenvalue weighted by Crippen LogP contribution is -2.60. The van der Waals surface area contributed by atoms with Gasteiger partial charge in [-0.05, 0) is 81.1 Å². The first-order valence-electron chi connectivity index (χ1n) is 11.7. The number of hydrogen-bond acceptors (Lipinski definition) is 9. The summed E-state index contributed by atoms with van der Waals surface area (Å²) in [5.41, 5.74) is 3.80. The van der Waals surface area contributed by atoms with E-state index < -0.39 is 22.2 Å². The summed E-state index contributed by atoms with van der Waals surface area (Å²) in [7, 11) is 1.74. The molecule has 4 N–H and O–H groups in total. The molecule has 11 heteroatoms. The highest BCUT2D eigenvalue weighted by molar-refractivity contribution is 5.43. The van der Waals surface area contributed by atoms with Crippen LogP contribution in [-0.2, 0) is 10.4 Å². The first-order chi connectivity index (χ1) is 15.1. The van der Waals surface area contributed by atoms with Gasteiger partial charge >= 0.3 is 0 Å². The largest absolute Gasteiger partial charge is 0.351 e. The number of hydroxylamine groups is 4. The highest BCUT2D eigenvalue weighted by Gasteiger charge is 2.47. The van der Waals surface area contributed by atoms with E-state index >= 15 is 0 Å². The van der Waals surface area contributed by atoms with Gasteiger partial charge in [-0.1, -0.05) is 0 Å². The summed E-state index contributed by atoms with van der Waals surface area (Å²) in [6.45, 7) is 15.7. The molecule has 0 aromatic carbocycles. The maximum atomic E-state index is 12.7. The maximum absolute atomic E-state index is 12.7. The third-order valence-electron chi connectivity index (χ3n) is 6.72. The predicted molar refractivity (Wildman–Crippen MR) is 127 cm³/mol. The average Bonchev–Trinajstić information content (AvgIpc) is 2.63. The topological polar surface area (TPSA) is 133 Å². The molecule has 2 aliphatic heterocycles. The van der Waals surface area contributed by atoms with Crippen LogP contribution in [-0.4, -0.2) is 66.4 Å². The summed E-state index contributed by atoms with van der Waals surface area (Å²) >= 11 is 0. The van der Waals surface area contributed by atoms with Crippen molar-refractivity contribution in [2.24, 2.45) is 0 Å². The van der Waals surface area contributed by atoms with Gasteiger partial charge in [-0.3, -0.25) is 5.43 Å². The van der Waals surface area contributed by atoms with Crippen molar-refractivity contribution in [2.45, 2.75) is 115 Å². The molecule has 2 aliphatic rings. The van der Waals surface area contributed by atoms with Crippen molar-refractivity contribution in [1.82, 2.24) is 30.5 Å². The van der Waals surface area contributed by atoms with Crippen molar-refractivity contribution in [2.75, 3.05) is 23.1 Å². The van der Waals surface area contributed by atoms with Crippen LogP contribution in [0.25, 0.3) is 0 Å². The molecule has 2 radical (unpaired) electrons. The van der Waals surface area contributed by atoms with E-state index in [4.69, 9.17) is 0 Å². The Labute approximate surface area is 197 Å². The summed E-state index contributed by atoms with van der Waals surface area (Å²) in [6.07, 6.45) is 2.70. The smallest absolute Gasteiger partial charge is 0.243 e. The fourth-order valence-electron chi connectivity index (χ4n) is 5.77. The lowest BCUT2D eigenvalue weighted by Gasteiger charge is -2.50. The SMILES string of the molecule is CNNc1nc(NC2CC(C)(C)N([O])C(C)(C)C2)nc(NC2CC(C)(C)N([O])C(C)(C)C2)n1. The Morgan fingerprint density at radius 3 is 1.24 bits per heavy atom. The van der Waals surface area contributed by atoms with Gasteiger partial charge in [0, 0.05) is 41.3 Å². The van der Waals surface area contributed by atoms with Crippen LogP contribution in [0.3, 0.4) is 0 Å². The van der Waals surface area contributed by atoms with Gasteiger partial charge in [0.2, 0.25) is 17.8 Å². The molecule has 0 amide bonds. The van der Waals surface area contributed by atoms with E-state index in [1.54, 1.807) is 7.05 Å². The lowest BCUT2D eigenvalue weighted by atomic mass is 9.79. The van der Waals surface area contributed by atoms with Gasteiger partial charge in [0.25, 0.3) is 0 Å². The van der Waals surface area contributed by atoms with Crippen LogP contribution in [0.15, 0.2) is 0 Å². The summed E-state index contributed by atoms with van der Waals surface area (Å²) in [5.74, 6) is 1.28. The molecule has 3 heterocycles. The van der Waals surface area contributed by atoms with Crippen LogP contribution in [0.5, 0.6) is 0 Å². The molecule has 0 atom stereocenters. The van der Waals surface area contributed by atoms with Crippen LogP contribution in [0.2, 0.25) is 0 Å². The third-order valence-corrected chi connectivity index (χ3v) is 6.72. The Kier molecular flexibility index (Phi) is 6.86. The van der Waals surface area contributed by atoms with E-state index in [-0.39, 0.29) is 12.1 Å². The Hall–Kier alpha value is -1.79. The highest BCUT2D eigenvalue weighted by Crippen LogP contribution is 2.39. The second kappa shape index (κ2) is 8.77. The average molecular weight is 464 g/mol. The van der Waals surface area contributed by atoms with E-state index in [0.29, 0.717) is 43.5 Å². The van der Waals surface area contributed by atoms with Gasteiger partial charge in [-0.2, -0.15) is 15.0 Å². The Bertz CT molecular complexity index is 745. The number of anilines is 3. The fraction of sp³-hybridized carbons (Fsp3) is 0.864. The van der Waals surface area contributed by atoms with Gasteiger partial charge in [0.05, 0.1) is 0 Å². The van der Waals surface area contributed by atoms with Crippen molar-refractivity contribution in [3.05, 3.63) is 0 Å². The van der Waals surface area contributed by atoms with E-state index in [0.717, 1.165) is 0 Å². The van der Waals surface area contributed by atoms with Gasteiger partial charge in [-0.15, -0.1) is 20.5 Å². The molecule has 0 bridgehead atoms. The van der Waals surface area contributed by atoms with Crippen molar-refractivity contribution >= 4 is 17.8 Å². The first-order valence-corrected chi connectivity index (χ1v) is 11.7. The molecule has 11 nitrogen and oxygen atoms in total. The molecule has 0 spiro atoms. The third kappa shape index (κ3) is 5.65. The van der Waals surface area contributed by atoms with Crippen LogP contribution in [0.4, 0.5) is 17.8 Å².